The number of anilines is 2. The molecule has 2 fully saturated rings. The van der Waals surface area contributed by atoms with Gasteiger partial charge in [0.25, 0.3) is 0 Å². The van der Waals surface area contributed by atoms with Gasteiger partial charge in [-0.05, 0) is 0 Å². The highest BCUT2D eigenvalue weighted by Gasteiger charge is 2.64. The van der Waals surface area contributed by atoms with Gasteiger partial charge >= 0.3 is 7.82 Å². The number of aromatic nitrogens is 4. The number of hydrogen-bond donors (Lipinski definition) is 5. The SMILES string of the molecule is Nc1nc(N)c2ncn([C@@H]3O[C@@]4(CO)CO[C@@H]3[C@@H]4OP(=O)(O)O)c2n1. The van der Waals surface area contributed by atoms with Gasteiger partial charge in [-0.2, -0.15) is 9.97 Å². The van der Waals surface area contributed by atoms with Crippen molar-refractivity contribution >= 4 is 30.8 Å². The molecule has 136 valence electrons. The standard InChI is InChI=1S/C11H15N6O7P/c12-7-4-8(16-10(13)15-7)17(3-14-4)9-5-6(24-25(19,20)21)11(1-18,23-9)2-22-5/h3,5-6,9,18H,1-2H2,(H2,19,20,21)(H4,12,13,15,16)/t5-,6+,9-,11+/m1/s1. The van der Waals surface area contributed by atoms with Gasteiger partial charge in [0, 0.05) is 0 Å². The number of hydrogen-bond acceptors (Lipinski definition) is 10. The molecule has 2 bridgehead atoms. The number of imidazole rings is 1. The van der Waals surface area contributed by atoms with Gasteiger partial charge in [-0.25, -0.2) is 9.55 Å². The van der Waals surface area contributed by atoms with Crippen LogP contribution in [0, 0.1) is 0 Å². The molecule has 0 amide bonds. The molecular formula is C11H15N6O7P. The summed E-state index contributed by atoms with van der Waals surface area (Å²) >= 11 is 0. The highest BCUT2D eigenvalue weighted by Crippen LogP contribution is 2.52. The Morgan fingerprint density at radius 1 is 1.44 bits per heavy atom. The molecule has 2 aliphatic heterocycles. The van der Waals surface area contributed by atoms with Crippen LogP contribution in [0.5, 0.6) is 0 Å². The van der Waals surface area contributed by atoms with Crippen molar-refractivity contribution in [1.29, 1.82) is 0 Å². The highest BCUT2D eigenvalue weighted by atomic mass is 31.2. The van der Waals surface area contributed by atoms with Gasteiger partial charge in [0.1, 0.15) is 23.3 Å². The zero-order valence-electron chi connectivity index (χ0n) is 12.6. The van der Waals surface area contributed by atoms with Gasteiger partial charge in [0.15, 0.2) is 17.7 Å². The first-order valence-electron chi connectivity index (χ1n) is 7.14. The second-order valence-electron chi connectivity index (χ2n) is 5.81. The van der Waals surface area contributed by atoms with E-state index in [1.165, 1.54) is 10.9 Å². The molecule has 2 saturated heterocycles. The summed E-state index contributed by atoms with van der Waals surface area (Å²) in [4.78, 5) is 30.3. The van der Waals surface area contributed by atoms with Crippen LogP contribution in [-0.4, -0.2) is 65.4 Å². The highest BCUT2D eigenvalue weighted by molar-refractivity contribution is 7.46. The van der Waals surface area contributed by atoms with Gasteiger partial charge < -0.3 is 35.8 Å². The Labute approximate surface area is 139 Å². The summed E-state index contributed by atoms with van der Waals surface area (Å²) in [7, 11) is -4.83. The lowest BCUT2D eigenvalue weighted by molar-refractivity contribution is -0.185. The molecule has 14 heteroatoms. The number of fused-ring (bicyclic) bond motifs is 3. The Kier molecular flexibility index (Phi) is 3.53. The van der Waals surface area contributed by atoms with Crippen LogP contribution in [-0.2, 0) is 18.6 Å². The number of nitrogens with two attached hydrogens (primary N) is 2. The van der Waals surface area contributed by atoms with E-state index in [0.29, 0.717) is 0 Å². The van der Waals surface area contributed by atoms with Crippen LogP contribution in [0.4, 0.5) is 11.8 Å². The maximum atomic E-state index is 11.3. The summed E-state index contributed by atoms with van der Waals surface area (Å²) in [5.41, 5.74) is 10.5. The summed E-state index contributed by atoms with van der Waals surface area (Å²) in [6.45, 7) is -0.641. The van der Waals surface area contributed by atoms with Crippen LogP contribution in [0.15, 0.2) is 6.33 Å². The molecule has 0 radical (unpaired) electrons. The molecule has 0 saturated carbocycles. The van der Waals surface area contributed by atoms with Gasteiger partial charge in [-0.3, -0.25) is 9.09 Å². The lowest BCUT2D eigenvalue weighted by atomic mass is 10.0. The third kappa shape index (κ3) is 2.48. The second-order valence-corrected chi connectivity index (χ2v) is 7.01. The van der Waals surface area contributed by atoms with Crippen LogP contribution in [0.1, 0.15) is 6.23 Å². The first-order chi connectivity index (χ1) is 11.7. The van der Waals surface area contributed by atoms with Crippen LogP contribution in [0.25, 0.3) is 11.2 Å². The quantitative estimate of drug-likeness (QED) is 0.374. The molecule has 2 aromatic rings. The van der Waals surface area contributed by atoms with Crippen LogP contribution in [0.2, 0.25) is 0 Å². The van der Waals surface area contributed by atoms with Crippen molar-refractivity contribution in [1.82, 2.24) is 19.5 Å². The molecule has 4 heterocycles. The van der Waals surface area contributed by atoms with E-state index >= 15 is 0 Å². The lowest BCUT2D eigenvalue weighted by Crippen LogP contribution is -2.45. The Hall–Kier alpha value is -1.86. The molecule has 2 aliphatic rings. The molecule has 0 unspecified atom stereocenters. The molecular weight excluding hydrogens is 359 g/mol. The molecule has 25 heavy (non-hydrogen) atoms. The molecule has 0 aliphatic carbocycles. The zero-order valence-corrected chi connectivity index (χ0v) is 13.5. The maximum absolute atomic E-state index is 11.3. The zero-order chi connectivity index (χ0) is 18.0. The van der Waals surface area contributed by atoms with E-state index in [9.17, 15) is 9.67 Å². The van der Waals surface area contributed by atoms with E-state index < -0.39 is 38.5 Å². The second kappa shape index (κ2) is 5.32. The van der Waals surface area contributed by atoms with Gasteiger partial charge in [0.05, 0.1) is 19.5 Å². The molecule has 2 aromatic heterocycles. The predicted molar refractivity (Wildman–Crippen MR) is 80.7 cm³/mol. The van der Waals surface area contributed by atoms with E-state index in [-0.39, 0.29) is 29.5 Å². The van der Waals surface area contributed by atoms with Gasteiger partial charge in [0.2, 0.25) is 5.95 Å². The van der Waals surface area contributed by atoms with E-state index in [1.54, 1.807) is 0 Å². The Balaban J connectivity index is 1.77. The van der Waals surface area contributed by atoms with Crippen molar-refractivity contribution in [3.8, 4) is 0 Å². The predicted octanol–water partition coefficient (Wildman–Crippen LogP) is -1.87. The first kappa shape index (κ1) is 16.6. The number of ether oxygens (including phenoxy) is 2. The minimum atomic E-state index is -4.83. The number of rotatable bonds is 4. The average Bonchev–Trinajstić information content (AvgIpc) is 3.16. The Morgan fingerprint density at radius 3 is 2.88 bits per heavy atom. The minimum absolute atomic E-state index is 0.0734. The minimum Gasteiger partial charge on any atom is -0.393 e. The van der Waals surface area contributed by atoms with Crippen LogP contribution < -0.4 is 11.5 Å². The Morgan fingerprint density at radius 2 is 2.20 bits per heavy atom. The van der Waals surface area contributed by atoms with E-state index in [1.807, 2.05) is 0 Å². The molecule has 7 N–H and O–H groups in total. The van der Waals surface area contributed by atoms with Gasteiger partial charge in [-0.1, -0.05) is 0 Å². The molecule has 4 rings (SSSR count). The van der Waals surface area contributed by atoms with Crippen molar-refractivity contribution in [2.24, 2.45) is 0 Å². The fourth-order valence-electron chi connectivity index (χ4n) is 3.18. The van der Waals surface area contributed by atoms with Crippen molar-refractivity contribution in [3.05, 3.63) is 6.33 Å². The van der Waals surface area contributed by atoms with Crippen molar-refractivity contribution in [3.63, 3.8) is 0 Å². The largest absolute Gasteiger partial charge is 0.470 e. The van der Waals surface area contributed by atoms with Crippen molar-refractivity contribution < 1.29 is 33.5 Å². The maximum Gasteiger partial charge on any atom is 0.470 e. The van der Waals surface area contributed by atoms with E-state index in [4.69, 9.17) is 35.3 Å². The van der Waals surface area contributed by atoms with E-state index in [2.05, 4.69) is 15.0 Å². The average molecular weight is 374 g/mol. The third-order valence-corrected chi connectivity index (χ3v) is 4.73. The fourth-order valence-corrected chi connectivity index (χ4v) is 3.79. The number of nitrogens with zero attached hydrogens (tertiary/aromatic N) is 4. The summed E-state index contributed by atoms with van der Waals surface area (Å²) in [6.07, 6.45) is -1.63. The smallest absolute Gasteiger partial charge is 0.393 e. The van der Waals surface area contributed by atoms with Crippen molar-refractivity contribution in [2.75, 3.05) is 24.7 Å². The Bertz CT molecular complexity index is 885. The van der Waals surface area contributed by atoms with E-state index in [0.717, 1.165) is 0 Å². The fraction of sp³-hybridized carbons (Fsp3) is 0.545. The molecule has 0 aromatic carbocycles. The molecule has 0 spiro atoms. The summed E-state index contributed by atoms with van der Waals surface area (Å²) in [5.74, 6) is 0.000859. The van der Waals surface area contributed by atoms with Crippen molar-refractivity contribution in [2.45, 2.75) is 24.0 Å². The number of phosphoric acid groups is 1. The molecule has 4 atom stereocenters. The summed E-state index contributed by atoms with van der Waals surface area (Å²) in [5, 5.41) is 9.70. The summed E-state index contributed by atoms with van der Waals surface area (Å²) in [6, 6.07) is 0. The monoisotopic (exact) mass is 374 g/mol. The topological polar surface area (TPSA) is 201 Å². The van der Waals surface area contributed by atoms with Gasteiger partial charge in [-0.15, -0.1) is 0 Å². The number of aliphatic hydroxyl groups excluding tert-OH is 1. The summed E-state index contributed by atoms with van der Waals surface area (Å²) < 4.78 is 28.9. The number of phosphoric ester groups is 1. The van der Waals surface area contributed by atoms with Crippen LogP contribution in [0.3, 0.4) is 0 Å². The first-order valence-corrected chi connectivity index (χ1v) is 8.67. The number of nitrogen functional groups attached to an aromatic ring is 2. The normalized spacial score (nSPS) is 31.9. The number of aliphatic hydroxyl groups is 1. The molecule has 13 nitrogen and oxygen atoms in total. The lowest BCUT2D eigenvalue weighted by Gasteiger charge is -2.29. The van der Waals surface area contributed by atoms with Crippen LogP contribution >= 0.6 is 7.82 Å². The third-order valence-electron chi connectivity index (χ3n) is 4.23.